The number of hydrogen-bond acceptors (Lipinski definition) is 3. The van der Waals surface area contributed by atoms with Gasteiger partial charge >= 0.3 is 0 Å². The van der Waals surface area contributed by atoms with Gasteiger partial charge in [-0.3, -0.25) is 4.79 Å². The average Bonchev–Trinajstić information content (AvgIpc) is 2.67. The van der Waals surface area contributed by atoms with E-state index in [0.717, 1.165) is 12.1 Å². The molecule has 10 heteroatoms. The van der Waals surface area contributed by atoms with Gasteiger partial charge in [-0.15, -0.1) is 0 Å². The Labute approximate surface area is 177 Å². The van der Waals surface area contributed by atoms with Crippen molar-refractivity contribution >= 4 is 44.8 Å². The van der Waals surface area contributed by atoms with E-state index in [2.05, 4.69) is 5.32 Å². The van der Waals surface area contributed by atoms with Crippen molar-refractivity contribution in [3.63, 3.8) is 0 Å². The number of piperidine rings is 1. The standard InChI is InChI=1S/C19H18Cl2F2N2O3S/c20-15-3-1-12(9-16(15)21)11-29(27,28)25-7-5-13(6-8-25)19(26)24-14-2-4-17(22)18(23)10-14/h1-4,9-10,13H,5-8,11H2,(H,24,26). The van der Waals surface area contributed by atoms with Crippen LogP contribution in [0.15, 0.2) is 36.4 Å². The summed E-state index contributed by atoms with van der Waals surface area (Å²) in [5.41, 5.74) is 0.682. The molecule has 1 saturated heterocycles. The van der Waals surface area contributed by atoms with Crippen LogP contribution >= 0.6 is 23.2 Å². The summed E-state index contributed by atoms with van der Waals surface area (Å²) in [5.74, 6) is -3.03. The molecule has 0 atom stereocenters. The molecular formula is C19H18Cl2F2N2O3S. The van der Waals surface area contributed by atoms with Crippen molar-refractivity contribution in [2.45, 2.75) is 18.6 Å². The van der Waals surface area contributed by atoms with E-state index in [1.807, 2.05) is 0 Å². The van der Waals surface area contributed by atoms with Crippen molar-refractivity contribution < 1.29 is 22.0 Å². The number of rotatable bonds is 5. The van der Waals surface area contributed by atoms with Crippen LogP contribution in [0.5, 0.6) is 0 Å². The van der Waals surface area contributed by atoms with E-state index < -0.39 is 27.6 Å². The van der Waals surface area contributed by atoms with Crippen LogP contribution in [0.2, 0.25) is 10.0 Å². The molecule has 1 aliphatic heterocycles. The van der Waals surface area contributed by atoms with Gasteiger partial charge in [-0.25, -0.2) is 21.5 Å². The summed E-state index contributed by atoms with van der Waals surface area (Å²) in [5, 5.41) is 3.18. The van der Waals surface area contributed by atoms with E-state index in [-0.39, 0.29) is 35.5 Å². The zero-order valence-corrected chi connectivity index (χ0v) is 17.5. The molecule has 0 spiro atoms. The fraction of sp³-hybridized carbons (Fsp3) is 0.316. The number of carbonyl (C=O) groups excluding carboxylic acids is 1. The van der Waals surface area contributed by atoms with Gasteiger partial charge in [0.05, 0.1) is 15.8 Å². The molecule has 0 aromatic heterocycles. The van der Waals surface area contributed by atoms with Crippen molar-refractivity contribution in [1.82, 2.24) is 4.31 Å². The summed E-state index contributed by atoms with van der Waals surface area (Å²) < 4.78 is 52.9. The number of nitrogens with zero attached hydrogens (tertiary/aromatic N) is 1. The first kappa shape index (κ1) is 22.0. The highest BCUT2D eigenvalue weighted by atomic mass is 35.5. The monoisotopic (exact) mass is 462 g/mol. The van der Waals surface area contributed by atoms with Crippen molar-refractivity contribution in [3.8, 4) is 0 Å². The molecule has 1 heterocycles. The molecule has 0 saturated carbocycles. The van der Waals surface area contributed by atoms with E-state index in [9.17, 15) is 22.0 Å². The van der Waals surface area contributed by atoms with Crippen LogP contribution in [0.25, 0.3) is 0 Å². The minimum atomic E-state index is -3.58. The quantitative estimate of drug-likeness (QED) is 0.713. The maximum Gasteiger partial charge on any atom is 0.227 e. The predicted molar refractivity (Wildman–Crippen MR) is 108 cm³/mol. The van der Waals surface area contributed by atoms with Gasteiger partial charge in [-0.05, 0) is 42.7 Å². The Bertz CT molecular complexity index is 1030. The minimum Gasteiger partial charge on any atom is -0.326 e. The van der Waals surface area contributed by atoms with E-state index in [1.54, 1.807) is 12.1 Å². The van der Waals surface area contributed by atoms with Crippen LogP contribution in [0.1, 0.15) is 18.4 Å². The number of halogens is 4. The van der Waals surface area contributed by atoms with Crippen molar-refractivity contribution in [2.24, 2.45) is 5.92 Å². The van der Waals surface area contributed by atoms with E-state index in [1.165, 1.54) is 16.4 Å². The van der Waals surface area contributed by atoms with Crippen LogP contribution in [-0.4, -0.2) is 31.7 Å². The Morgan fingerprint density at radius 1 is 1.03 bits per heavy atom. The zero-order chi connectivity index (χ0) is 21.2. The second kappa shape index (κ2) is 8.95. The average molecular weight is 463 g/mol. The maximum atomic E-state index is 13.3. The molecule has 1 amide bonds. The zero-order valence-electron chi connectivity index (χ0n) is 15.2. The van der Waals surface area contributed by atoms with Crippen LogP contribution in [0.4, 0.5) is 14.5 Å². The molecule has 1 fully saturated rings. The van der Waals surface area contributed by atoms with Crippen molar-refractivity contribution in [1.29, 1.82) is 0 Å². The lowest BCUT2D eigenvalue weighted by molar-refractivity contribution is -0.120. The lowest BCUT2D eigenvalue weighted by atomic mass is 9.97. The number of benzene rings is 2. The summed E-state index contributed by atoms with van der Waals surface area (Å²) >= 11 is 11.8. The first-order valence-electron chi connectivity index (χ1n) is 8.83. The largest absolute Gasteiger partial charge is 0.326 e. The molecule has 3 rings (SSSR count). The van der Waals surface area contributed by atoms with E-state index in [0.29, 0.717) is 23.4 Å². The van der Waals surface area contributed by atoms with Crippen LogP contribution in [-0.2, 0) is 20.6 Å². The number of nitrogens with one attached hydrogen (secondary N) is 1. The number of amides is 1. The first-order valence-corrected chi connectivity index (χ1v) is 11.2. The Morgan fingerprint density at radius 3 is 2.34 bits per heavy atom. The summed E-state index contributed by atoms with van der Waals surface area (Å²) in [4.78, 5) is 12.4. The highest BCUT2D eigenvalue weighted by Crippen LogP contribution is 2.26. The van der Waals surface area contributed by atoms with Crippen LogP contribution < -0.4 is 5.32 Å². The third kappa shape index (κ3) is 5.45. The highest BCUT2D eigenvalue weighted by molar-refractivity contribution is 7.88. The van der Waals surface area contributed by atoms with Gasteiger partial charge in [0.15, 0.2) is 11.6 Å². The molecule has 1 aliphatic rings. The predicted octanol–water partition coefficient (Wildman–Crippen LogP) is 4.45. The third-order valence-corrected chi connectivity index (χ3v) is 7.33. The molecule has 156 valence electrons. The second-order valence-electron chi connectivity index (χ2n) is 6.80. The van der Waals surface area contributed by atoms with Gasteiger partial charge in [-0.2, -0.15) is 0 Å². The number of carbonyl (C=O) groups is 1. The van der Waals surface area contributed by atoms with Crippen LogP contribution in [0.3, 0.4) is 0 Å². The smallest absolute Gasteiger partial charge is 0.227 e. The van der Waals surface area contributed by atoms with Crippen LogP contribution in [0, 0.1) is 17.6 Å². The molecule has 0 unspecified atom stereocenters. The molecular weight excluding hydrogens is 445 g/mol. The summed E-state index contributed by atoms with van der Waals surface area (Å²) in [6, 6.07) is 7.78. The maximum absolute atomic E-state index is 13.3. The van der Waals surface area contributed by atoms with Gasteiger partial charge in [0.2, 0.25) is 15.9 Å². The molecule has 29 heavy (non-hydrogen) atoms. The topological polar surface area (TPSA) is 66.5 Å². The summed E-state index contributed by atoms with van der Waals surface area (Å²) in [6.45, 7) is 0.388. The number of sulfonamides is 1. The molecule has 2 aromatic carbocycles. The van der Waals surface area contributed by atoms with Gasteiger partial charge in [0.1, 0.15) is 0 Å². The van der Waals surface area contributed by atoms with E-state index >= 15 is 0 Å². The van der Waals surface area contributed by atoms with Crippen molar-refractivity contribution in [3.05, 3.63) is 63.6 Å². The van der Waals surface area contributed by atoms with Gasteiger partial charge in [0.25, 0.3) is 0 Å². The number of anilines is 1. The SMILES string of the molecule is O=C(Nc1ccc(F)c(F)c1)C1CCN(S(=O)(=O)Cc2ccc(Cl)c(Cl)c2)CC1. The molecule has 0 aliphatic carbocycles. The normalized spacial score (nSPS) is 16.0. The first-order chi connectivity index (χ1) is 13.7. The lowest BCUT2D eigenvalue weighted by Gasteiger charge is -2.30. The van der Waals surface area contributed by atoms with E-state index in [4.69, 9.17) is 23.2 Å². The Balaban J connectivity index is 1.57. The fourth-order valence-corrected chi connectivity index (χ4v) is 5.02. The lowest BCUT2D eigenvalue weighted by Crippen LogP contribution is -2.41. The molecule has 5 nitrogen and oxygen atoms in total. The summed E-state index contributed by atoms with van der Waals surface area (Å²) in [7, 11) is -3.58. The summed E-state index contributed by atoms with van der Waals surface area (Å²) in [6.07, 6.45) is 0.659. The fourth-order valence-electron chi connectivity index (χ4n) is 3.15. The molecule has 2 aromatic rings. The Kier molecular flexibility index (Phi) is 6.78. The second-order valence-corrected chi connectivity index (χ2v) is 9.58. The van der Waals surface area contributed by atoms with Gasteiger partial charge in [0, 0.05) is 30.8 Å². The Morgan fingerprint density at radius 2 is 1.72 bits per heavy atom. The minimum absolute atomic E-state index is 0.156. The molecule has 0 bridgehead atoms. The Hall–Kier alpha value is -1.74. The molecule has 1 N–H and O–H groups in total. The number of hydrogen-bond donors (Lipinski definition) is 1. The highest BCUT2D eigenvalue weighted by Gasteiger charge is 2.31. The van der Waals surface area contributed by atoms with Gasteiger partial charge in [-0.1, -0.05) is 29.3 Å². The van der Waals surface area contributed by atoms with Gasteiger partial charge < -0.3 is 5.32 Å². The van der Waals surface area contributed by atoms with Crippen molar-refractivity contribution in [2.75, 3.05) is 18.4 Å². The third-order valence-electron chi connectivity index (χ3n) is 4.74. The molecule has 0 radical (unpaired) electrons.